The van der Waals surface area contributed by atoms with E-state index in [1.54, 1.807) is 33.8 Å². The molecule has 0 bridgehead atoms. The minimum atomic E-state index is -0.0533. The molecule has 0 spiro atoms. The highest BCUT2D eigenvalue weighted by atomic mass is 35.5. The number of rotatable bonds is 5. The number of para-hydroxylation sites is 1. The summed E-state index contributed by atoms with van der Waals surface area (Å²) < 4.78 is 7.29. The van der Waals surface area contributed by atoms with Gasteiger partial charge in [-0.05, 0) is 36.4 Å². The molecule has 10 heteroatoms. The number of ether oxygens (including phenoxy) is 1. The minimum Gasteiger partial charge on any atom is -0.484 e. The Hall–Kier alpha value is -3.72. The molecule has 0 N–H and O–H groups in total. The van der Waals surface area contributed by atoms with Crippen molar-refractivity contribution in [3.05, 3.63) is 65.9 Å². The van der Waals surface area contributed by atoms with Crippen molar-refractivity contribution in [2.75, 3.05) is 37.7 Å². The summed E-state index contributed by atoms with van der Waals surface area (Å²) in [6, 6.07) is 16.7. The van der Waals surface area contributed by atoms with Gasteiger partial charge in [-0.1, -0.05) is 35.0 Å². The number of halogens is 1. The maximum absolute atomic E-state index is 12.6. The Bertz CT molecular complexity index is 1220. The second-order valence-electron chi connectivity index (χ2n) is 7.32. The molecule has 162 valence electrons. The molecule has 1 aliphatic rings. The van der Waals surface area contributed by atoms with Crippen LogP contribution in [0.2, 0.25) is 5.02 Å². The van der Waals surface area contributed by atoms with Crippen LogP contribution in [-0.4, -0.2) is 68.6 Å². The molecular weight excluding hydrogens is 430 g/mol. The maximum atomic E-state index is 12.6. The molecule has 9 nitrogen and oxygen atoms in total. The zero-order valence-electron chi connectivity index (χ0n) is 17.1. The van der Waals surface area contributed by atoms with Gasteiger partial charge in [-0.3, -0.25) is 4.79 Å². The molecule has 1 fully saturated rings. The Labute approximate surface area is 189 Å². The number of hydrogen-bond donors (Lipinski definition) is 0. The fourth-order valence-corrected chi connectivity index (χ4v) is 3.77. The Morgan fingerprint density at radius 3 is 2.47 bits per heavy atom. The molecule has 0 unspecified atom stereocenters. The number of nitrogens with zero attached hydrogens (tertiary/aromatic N) is 7. The molecule has 1 saturated heterocycles. The number of aromatic nitrogens is 5. The first-order chi connectivity index (χ1) is 15.7. The van der Waals surface area contributed by atoms with Gasteiger partial charge < -0.3 is 14.5 Å². The second-order valence-corrected chi connectivity index (χ2v) is 7.75. The van der Waals surface area contributed by atoms with E-state index >= 15 is 0 Å². The minimum absolute atomic E-state index is 0.00914. The number of hydrogen-bond acceptors (Lipinski definition) is 7. The van der Waals surface area contributed by atoms with Gasteiger partial charge >= 0.3 is 0 Å². The normalized spacial score (nSPS) is 14.0. The van der Waals surface area contributed by atoms with Crippen molar-refractivity contribution < 1.29 is 9.53 Å². The number of benzene rings is 2. The summed E-state index contributed by atoms with van der Waals surface area (Å²) in [7, 11) is 0. The van der Waals surface area contributed by atoms with Crippen molar-refractivity contribution in [1.82, 2.24) is 29.9 Å². The lowest BCUT2D eigenvalue weighted by Crippen LogP contribution is -2.50. The average Bonchev–Trinajstić information content (AvgIpc) is 3.28. The maximum Gasteiger partial charge on any atom is 0.260 e. The number of anilines is 1. The number of carbonyl (C=O) groups excluding carboxylic acids is 1. The predicted octanol–water partition coefficient (Wildman–Crippen LogP) is 2.59. The predicted molar refractivity (Wildman–Crippen MR) is 120 cm³/mol. The van der Waals surface area contributed by atoms with Gasteiger partial charge in [-0.15, -0.1) is 5.10 Å². The molecule has 0 atom stereocenters. The SMILES string of the molecule is O=C(COc1ccc(Cl)cc1)N1CCN(c2ncnc3c2nnn3-c2ccccc2)CC1. The van der Waals surface area contributed by atoms with Crippen LogP contribution >= 0.6 is 11.6 Å². The van der Waals surface area contributed by atoms with Crippen LogP contribution in [0.1, 0.15) is 0 Å². The summed E-state index contributed by atoms with van der Waals surface area (Å²) in [5.74, 6) is 1.29. The van der Waals surface area contributed by atoms with E-state index in [4.69, 9.17) is 16.3 Å². The van der Waals surface area contributed by atoms with Crippen molar-refractivity contribution >= 4 is 34.5 Å². The van der Waals surface area contributed by atoms with Gasteiger partial charge in [-0.25, -0.2) is 9.97 Å². The first-order valence-corrected chi connectivity index (χ1v) is 10.6. The summed E-state index contributed by atoms with van der Waals surface area (Å²) >= 11 is 5.88. The van der Waals surface area contributed by atoms with Crippen LogP contribution in [0.4, 0.5) is 5.82 Å². The summed E-state index contributed by atoms with van der Waals surface area (Å²) in [6.07, 6.45) is 1.53. The average molecular weight is 450 g/mol. The van der Waals surface area contributed by atoms with Gasteiger partial charge in [0.1, 0.15) is 12.1 Å². The first kappa shape index (κ1) is 20.2. The zero-order chi connectivity index (χ0) is 21.9. The van der Waals surface area contributed by atoms with Crippen molar-refractivity contribution in [1.29, 1.82) is 0 Å². The Morgan fingerprint density at radius 1 is 0.969 bits per heavy atom. The quantitative estimate of drug-likeness (QED) is 0.462. The number of piperazine rings is 1. The topological polar surface area (TPSA) is 89.3 Å². The molecule has 0 radical (unpaired) electrons. The van der Waals surface area contributed by atoms with Crippen LogP contribution in [0.5, 0.6) is 5.75 Å². The Morgan fingerprint density at radius 2 is 1.72 bits per heavy atom. The van der Waals surface area contributed by atoms with Crippen molar-refractivity contribution in [2.45, 2.75) is 0 Å². The van der Waals surface area contributed by atoms with Gasteiger partial charge in [0.15, 0.2) is 23.6 Å². The van der Waals surface area contributed by atoms with Crippen LogP contribution in [0.15, 0.2) is 60.9 Å². The van der Waals surface area contributed by atoms with E-state index < -0.39 is 0 Å². The second kappa shape index (κ2) is 8.80. The van der Waals surface area contributed by atoms with E-state index in [-0.39, 0.29) is 12.5 Å². The fraction of sp³-hybridized carbons (Fsp3) is 0.227. The fourth-order valence-electron chi connectivity index (χ4n) is 3.65. The van der Waals surface area contributed by atoms with Crippen LogP contribution in [0.3, 0.4) is 0 Å². The molecule has 1 aliphatic heterocycles. The molecule has 5 rings (SSSR count). The summed E-state index contributed by atoms with van der Waals surface area (Å²) in [6.45, 7) is 2.40. The Kier molecular flexibility index (Phi) is 5.55. The van der Waals surface area contributed by atoms with Crippen molar-refractivity contribution in [3.8, 4) is 11.4 Å². The molecule has 0 aliphatic carbocycles. The molecule has 1 amide bonds. The van der Waals surface area contributed by atoms with E-state index in [9.17, 15) is 4.79 Å². The number of amides is 1. The smallest absolute Gasteiger partial charge is 0.260 e. The Balaban J connectivity index is 1.25. The monoisotopic (exact) mass is 449 g/mol. The van der Waals surface area contributed by atoms with E-state index in [1.165, 1.54) is 6.33 Å². The van der Waals surface area contributed by atoms with Crippen LogP contribution in [-0.2, 0) is 4.79 Å². The molecule has 2 aromatic carbocycles. The van der Waals surface area contributed by atoms with E-state index in [0.717, 1.165) is 11.5 Å². The van der Waals surface area contributed by atoms with Crippen LogP contribution < -0.4 is 9.64 Å². The molecule has 3 heterocycles. The molecular formula is C22H20ClN7O2. The molecule has 4 aromatic rings. The lowest BCUT2D eigenvalue weighted by atomic mass is 10.3. The largest absolute Gasteiger partial charge is 0.484 e. The van der Waals surface area contributed by atoms with Gasteiger partial charge in [0.05, 0.1) is 5.69 Å². The van der Waals surface area contributed by atoms with E-state index in [2.05, 4.69) is 25.2 Å². The summed E-state index contributed by atoms with van der Waals surface area (Å²) in [5.41, 5.74) is 2.18. The van der Waals surface area contributed by atoms with Gasteiger partial charge in [0, 0.05) is 31.2 Å². The number of fused-ring (bicyclic) bond motifs is 1. The van der Waals surface area contributed by atoms with Gasteiger partial charge in [0.2, 0.25) is 0 Å². The zero-order valence-corrected chi connectivity index (χ0v) is 17.9. The van der Waals surface area contributed by atoms with Crippen molar-refractivity contribution in [2.24, 2.45) is 0 Å². The third kappa shape index (κ3) is 4.06. The number of carbonyl (C=O) groups is 1. The highest BCUT2D eigenvalue weighted by Crippen LogP contribution is 2.23. The van der Waals surface area contributed by atoms with Crippen LogP contribution in [0, 0.1) is 0 Å². The highest BCUT2D eigenvalue weighted by molar-refractivity contribution is 6.30. The van der Waals surface area contributed by atoms with E-state index in [0.29, 0.717) is 48.1 Å². The highest BCUT2D eigenvalue weighted by Gasteiger charge is 2.25. The molecule has 0 saturated carbocycles. The van der Waals surface area contributed by atoms with Crippen molar-refractivity contribution in [3.63, 3.8) is 0 Å². The molecule has 32 heavy (non-hydrogen) atoms. The van der Waals surface area contributed by atoms with E-state index in [1.807, 2.05) is 30.3 Å². The standard InChI is InChI=1S/C22H20ClN7O2/c23-16-6-8-18(9-7-16)32-14-19(31)28-10-12-29(13-11-28)21-20-22(25-15-24-21)30(27-26-20)17-4-2-1-3-5-17/h1-9,15H,10-14H2. The third-order valence-electron chi connectivity index (χ3n) is 5.33. The summed E-state index contributed by atoms with van der Waals surface area (Å²) in [5, 5.41) is 9.23. The first-order valence-electron chi connectivity index (χ1n) is 10.2. The van der Waals surface area contributed by atoms with Gasteiger partial charge in [-0.2, -0.15) is 4.68 Å². The van der Waals surface area contributed by atoms with Gasteiger partial charge in [0.25, 0.3) is 5.91 Å². The lowest BCUT2D eigenvalue weighted by Gasteiger charge is -2.35. The van der Waals surface area contributed by atoms with Crippen LogP contribution in [0.25, 0.3) is 16.9 Å². The third-order valence-corrected chi connectivity index (χ3v) is 5.58. The molecule has 2 aromatic heterocycles. The lowest BCUT2D eigenvalue weighted by molar-refractivity contribution is -0.133. The summed E-state index contributed by atoms with van der Waals surface area (Å²) in [4.78, 5) is 25.3.